The van der Waals surface area contributed by atoms with Crippen molar-refractivity contribution in [3.63, 3.8) is 0 Å². The number of nitro groups is 1. The predicted molar refractivity (Wildman–Crippen MR) is 183 cm³/mol. The van der Waals surface area contributed by atoms with Crippen LogP contribution in [0, 0.1) is 28.7 Å². The standard InChI is InChI=1S/C37H37F2N5O5/c1-5-41-12-14-42(15-13-41)28-11-10-25(29(19-28)44(46)47)16-27-17-26-18-30(37(45)34-35(38)32(48-3)20-33(49-4)36(34)39)43(31(26)21-40-27)22-24-8-6-23(2)7-9-24/h6-11,17-21H,5,12-16,22H2,1-4H3. The average Bonchev–Trinajstić information content (AvgIpc) is 3.46. The van der Waals surface area contributed by atoms with Gasteiger partial charge in [0, 0.05) is 73.6 Å². The zero-order valence-corrected chi connectivity index (χ0v) is 27.8. The van der Waals surface area contributed by atoms with Gasteiger partial charge in [0.05, 0.1) is 36.6 Å². The Kier molecular flexibility index (Phi) is 9.59. The van der Waals surface area contributed by atoms with Crippen molar-refractivity contribution in [2.45, 2.75) is 26.8 Å². The van der Waals surface area contributed by atoms with E-state index in [4.69, 9.17) is 9.47 Å². The van der Waals surface area contributed by atoms with E-state index in [0.29, 0.717) is 22.2 Å². The molecule has 0 bridgehead atoms. The third-order valence-electron chi connectivity index (χ3n) is 9.16. The fraction of sp³-hybridized carbons (Fsp3) is 0.297. The van der Waals surface area contributed by atoms with Gasteiger partial charge in [0.2, 0.25) is 5.78 Å². The third kappa shape index (κ3) is 6.68. The van der Waals surface area contributed by atoms with Gasteiger partial charge in [0.25, 0.3) is 5.69 Å². The normalized spacial score (nSPS) is 13.6. The van der Waals surface area contributed by atoms with Crippen LogP contribution in [0.2, 0.25) is 0 Å². The molecule has 0 atom stereocenters. The lowest BCUT2D eigenvalue weighted by molar-refractivity contribution is -0.385. The van der Waals surface area contributed by atoms with Crippen LogP contribution in [0.15, 0.2) is 66.9 Å². The van der Waals surface area contributed by atoms with Gasteiger partial charge in [-0.25, -0.2) is 8.78 Å². The summed E-state index contributed by atoms with van der Waals surface area (Å²) in [5.41, 5.74) is 3.53. The summed E-state index contributed by atoms with van der Waals surface area (Å²) in [4.78, 5) is 35.0. The number of aryl methyl sites for hydroxylation is 1. The van der Waals surface area contributed by atoms with Crippen molar-refractivity contribution >= 4 is 28.1 Å². The van der Waals surface area contributed by atoms with E-state index in [0.717, 1.165) is 55.6 Å². The van der Waals surface area contributed by atoms with E-state index in [-0.39, 0.29) is 40.8 Å². The van der Waals surface area contributed by atoms with Gasteiger partial charge >= 0.3 is 0 Å². The van der Waals surface area contributed by atoms with E-state index in [1.807, 2.05) is 37.3 Å². The number of hydrogen-bond donors (Lipinski definition) is 0. The summed E-state index contributed by atoms with van der Waals surface area (Å²) in [6.07, 6.45) is 1.75. The van der Waals surface area contributed by atoms with Gasteiger partial charge in [-0.3, -0.25) is 19.9 Å². The van der Waals surface area contributed by atoms with E-state index in [9.17, 15) is 14.9 Å². The number of benzene rings is 3. The number of nitrogens with zero attached hydrogens (tertiary/aromatic N) is 5. The maximum atomic E-state index is 15.5. The molecule has 0 saturated carbocycles. The molecule has 1 fully saturated rings. The van der Waals surface area contributed by atoms with Crippen LogP contribution in [0.1, 0.15) is 45.4 Å². The number of hydrogen-bond acceptors (Lipinski definition) is 8. The molecule has 1 aliphatic rings. The number of carbonyl (C=O) groups is 1. The van der Waals surface area contributed by atoms with Gasteiger partial charge < -0.3 is 23.8 Å². The molecular weight excluding hydrogens is 632 g/mol. The first-order valence-corrected chi connectivity index (χ1v) is 16.0. The van der Waals surface area contributed by atoms with Gasteiger partial charge in [-0.05, 0) is 43.3 Å². The van der Waals surface area contributed by atoms with Crippen molar-refractivity contribution in [1.82, 2.24) is 14.5 Å². The summed E-state index contributed by atoms with van der Waals surface area (Å²) in [5.74, 6) is -3.84. The van der Waals surface area contributed by atoms with E-state index >= 15 is 8.78 Å². The lowest BCUT2D eigenvalue weighted by atomic mass is 10.0. The van der Waals surface area contributed by atoms with E-state index < -0.39 is 23.0 Å². The number of fused-ring (bicyclic) bond motifs is 1. The zero-order valence-electron chi connectivity index (χ0n) is 27.8. The molecule has 3 heterocycles. The molecule has 0 spiro atoms. The molecule has 254 valence electrons. The monoisotopic (exact) mass is 669 g/mol. The van der Waals surface area contributed by atoms with Crippen molar-refractivity contribution in [3.8, 4) is 11.5 Å². The summed E-state index contributed by atoms with van der Waals surface area (Å²) in [6.45, 7) is 8.65. The number of nitro benzene ring substituents is 1. The molecule has 49 heavy (non-hydrogen) atoms. The summed E-state index contributed by atoms with van der Waals surface area (Å²) in [6, 6.07) is 17.4. The molecule has 0 aliphatic carbocycles. The molecule has 0 unspecified atom stereocenters. The van der Waals surface area contributed by atoms with E-state index in [1.54, 1.807) is 35.0 Å². The van der Waals surface area contributed by atoms with Crippen molar-refractivity contribution in [2.24, 2.45) is 0 Å². The molecule has 1 saturated heterocycles. The molecule has 0 amide bonds. The number of ketones is 1. The second kappa shape index (κ2) is 14.0. The smallest absolute Gasteiger partial charge is 0.275 e. The molecular formula is C37H37F2N5O5. The van der Waals surface area contributed by atoms with Crippen LogP contribution in [-0.2, 0) is 13.0 Å². The SMILES string of the molecule is CCN1CCN(c2ccc(Cc3cc4cc(C(=O)c5c(F)c(OC)cc(OC)c5F)n(Cc5ccc(C)cc5)c4cn3)c([N+](=O)[O-])c2)CC1. The fourth-order valence-electron chi connectivity index (χ4n) is 6.34. The van der Waals surface area contributed by atoms with Gasteiger partial charge in [-0.2, -0.15) is 0 Å². The first kappa shape index (κ1) is 33.5. The van der Waals surface area contributed by atoms with Crippen molar-refractivity contribution < 1.29 is 28.0 Å². The highest BCUT2D eigenvalue weighted by Crippen LogP contribution is 2.35. The maximum absolute atomic E-state index is 15.5. The minimum atomic E-state index is -1.14. The Hall–Kier alpha value is -5.36. The molecule has 2 aromatic heterocycles. The number of anilines is 1. The minimum absolute atomic E-state index is 0.00282. The molecule has 1 aliphatic heterocycles. The van der Waals surface area contributed by atoms with Crippen LogP contribution in [0.5, 0.6) is 11.5 Å². The number of aromatic nitrogens is 2. The van der Waals surface area contributed by atoms with Crippen LogP contribution in [0.4, 0.5) is 20.2 Å². The predicted octanol–water partition coefficient (Wildman–Crippen LogP) is 6.56. The lowest BCUT2D eigenvalue weighted by Crippen LogP contribution is -2.46. The molecule has 6 rings (SSSR count). The second-order valence-corrected chi connectivity index (χ2v) is 12.1. The highest BCUT2D eigenvalue weighted by atomic mass is 19.1. The highest BCUT2D eigenvalue weighted by Gasteiger charge is 2.29. The number of methoxy groups -OCH3 is 2. The quantitative estimate of drug-likeness (QED) is 0.0886. The number of pyridine rings is 1. The van der Waals surface area contributed by atoms with Crippen LogP contribution in [0.3, 0.4) is 0 Å². The third-order valence-corrected chi connectivity index (χ3v) is 9.16. The van der Waals surface area contributed by atoms with Gasteiger partial charge in [0.1, 0.15) is 5.56 Å². The number of piperazine rings is 1. The van der Waals surface area contributed by atoms with Gasteiger partial charge in [0.15, 0.2) is 23.1 Å². The van der Waals surface area contributed by atoms with Crippen LogP contribution in [-0.4, -0.2) is 72.1 Å². The van der Waals surface area contributed by atoms with Crippen molar-refractivity contribution in [3.05, 3.63) is 122 Å². The summed E-state index contributed by atoms with van der Waals surface area (Å²) >= 11 is 0. The number of carbonyl (C=O) groups excluding carboxylic acids is 1. The maximum Gasteiger partial charge on any atom is 0.275 e. The summed E-state index contributed by atoms with van der Waals surface area (Å²) in [5, 5.41) is 12.8. The van der Waals surface area contributed by atoms with Crippen LogP contribution < -0.4 is 14.4 Å². The van der Waals surface area contributed by atoms with Gasteiger partial charge in [-0.1, -0.05) is 36.8 Å². The summed E-state index contributed by atoms with van der Waals surface area (Å²) in [7, 11) is 2.44. The first-order valence-electron chi connectivity index (χ1n) is 16.0. The minimum Gasteiger partial charge on any atom is -0.494 e. The topological polar surface area (TPSA) is 103 Å². The molecule has 10 nitrogen and oxygen atoms in total. The first-order chi connectivity index (χ1) is 23.6. The zero-order chi connectivity index (χ0) is 34.8. The van der Waals surface area contributed by atoms with Crippen molar-refractivity contribution in [2.75, 3.05) is 51.8 Å². The largest absolute Gasteiger partial charge is 0.494 e. The van der Waals surface area contributed by atoms with E-state index in [1.165, 1.54) is 14.2 Å². The lowest BCUT2D eigenvalue weighted by Gasteiger charge is -2.35. The Morgan fingerprint density at radius 3 is 2.22 bits per heavy atom. The van der Waals surface area contributed by atoms with Crippen LogP contribution in [0.25, 0.3) is 10.9 Å². The fourth-order valence-corrected chi connectivity index (χ4v) is 6.34. The highest BCUT2D eigenvalue weighted by molar-refractivity contribution is 6.11. The average molecular weight is 670 g/mol. The Morgan fingerprint density at radius 2 is 1.61 bits per heavy atom. The Bertz CT molecular complexity index is 2010. The molecule has 5 aromatic rings. The number of likely N-dealkylation sites (N-methyl/N-ethyl adjacent to an activating group) is 1. The second-order valence-electron chi connectivity index (χ2n) is 12.1. The Morgan fingerprint density at radius 1 is 0.939 bits per heavy atom. The number of halogens is 2. The number of ether oxygens (including phenoxy) is 2. The van der Waals surface area contributed by atoms with Crippen molar-refractivity contribution in [1.29, 1.82) is 0 Å². The Balaban J connectivity index is 1.39. The van der Waals surface area contributed by atoms with E-state index in [2.05, 4.69) is 21.7 Å². The molecule has 3 aromatic carbocycles. The molecule has 12 heteroatoms. The summed E-state index contributed by atoms with van der Waals surface area (Å²) < 4.78 is 42.8. The molecule has 0 radical (unpaired) electrons. The van der Waals surface area contributed by atoms with Gasteiger partial charge in [-0.15, -0.1) is 0 Å². The van der Waals surface area contributed by atoms with Crippen LogP contribution >= 0.6 is 0 Å². The molecule has 0 N–H and O–H groups in total. The number of rotatable bonds is 11. The Labute approximate surface area is 282 Å².